The lowest BCUT2D eigenvalue weighted by Gasteiger charge is -2.12. The SMILES string of the molecule is COc1cccc(/C=C/C(=O)O[C@@H](C)C(=O)Nc2c(C)nn(C)c2C)c1. The van der Waals surface area contributed by atoms with Gasteiger partial charge in [-0.15, -0.1) is 0 Å². The number of methoxy groups -OCH3 is 1. The monoisotopic (exact) mass is 357 g/mol. The van der Waals surface area contributed by atoms with E-state index in [4.69, 9.17) is 9.47 Å². The summed E-state index contributed by atoms with van der Waals surface area (Å²) in [5.41, 5.74) is 2.95. The van der Waals surface area contributed by atoms with Crippen molar-refractivity contribution < 1.29 is 19.1 Å². The van der Waals surface area contributed by atoms with Crippen LogP contribution < -0.4 is 10.1 Å². The van der Waals surface area contributed by atoms with Crippen molar-refractivity contribution in [1.82, 2.24) is 9.78 Å². The fraction of sp³-hybridized carbons (Fsp3) is 0.316. The Labute approximate surface area is 152 Å². The highest BCUT2D eigenvalue weighted by Crippen LogP contribution is 2.19. The standard InChI is InChI=1S/C19H23N3O4/c1-12-18(13(2)22(4)21-12)20-19(24)14(3)26-17(23)10-9-15-7-6-8-16(11-15)25-5/h6-11,14H,1-5H3,(H,20,24)/b10-9+/t14-/m0/s1. The fourth-order valence-electron chi connectivity index (χ4n) is 2.36. The van der Waals surface area contributed by atoms with Crippen molar-refractivity contribution in [3.63, 3.8) is 0 Å². The van der Waals surface area contributed by atoms with Crippen molar-refractivity contribution in [2.24, 2.45) is 7.05 Å². The molecule has 0 aliphatic heterocycles. The summed E-state index contributed by atoms with van der Waals surface area (Å²) in [6, 6.07) is 7.24. The molecule has 0 radical (unpaired) electrons. The lowest BCUT2D eigenvalue weighted by molar-refractivity contribution is -0.148. The third kappa shape index (κ3) is 4.72. The molecule has 0 fully saturated rings. The Morgan fingerprint density at radius 2 is 2.04 bits per heavy atom. The molecule has 1 aromatic carbocycles. The first-order valence-electron chi connectivity index (χ1n) is 8.15. The van der Waals surface area contributed by atoms with Gasteiger partial charge in [0.15, 0.2) is 6.10 Å². The van der Waals surface area contributed by atoms with Crippen LogP contribution >= 0.6 is 0 Å². The molecule has 0 bridgehead atoms. The number of benzene rings is 1. The molecular weight excluding hydrogens is 334 g/mol. The number of aromatic nitrogens is 2. The van der Waals surface area contributed by atoms with E-state index in [-0.39, 0.29) is 0 Å². The Balaban J connectivity index is 1.95. The zero-order valence-electron chi connectivity index (χ0n) is 15.6. The number of nitrogens with one attached hydrogen (secondary N) is 1. The molecule has 26 heavy (non-hydrogen) atoms. The highest BCUT2D eigenvalue weighted by molar-refractivity contribution is 5.97. The van der Waals surface area contributed by atoms with E-state index in [0.29, 0.717) is 17.1 Å². The minimum absolute atomic E-state index is 0.410. The van der Waals surface area contributed by atoms with Crippen LogP contribution in [0.5, 0.6) is 5.75 Å². The van der Waals surface area contributed by atoms with Crippen LogP contribution in [-0.2, 0) is 21.4 Å². The number of hydrogen-bond donors (Lipinski definition) is 1. The van der Waals surface area contributed by atoms with Gasteiger partial charge in [0, 0.05) is 13.1 Å². The van der Waals surface area contributed by atoms with E-state index >= 15 is 0 Å². The number of amides is 1. The van der Waals surface area contributed by atoms with Gasteiger partial charge in [0.05, 0.1) is 24.2 Å². The van der Waals surface area contributed by atoms with Crippen LogP contribution in [0.2, 0.25) is 0 Å². The van der Waals surface area contributed by atoms with Crippen molar-refractivity contribution in [2.75, 3.05) is 12.4 Å². The Morgan fingerprint density at radius 1 is 1.31 bits per heavy atom. The first-order valence-corrected chi connectivity index (χ1v) is 8.15. The fourth-order valence-corrected chi connectivity index (χ4v) is 2.36. The number of hydrogen-bond acceptors (Lipinski definition) is 5. The molecule has 1 aromatic heterocycles. The zero-order chi connectivity index (χ0) is 19.3. The maximum atomic E-state index is 12.3. The van der Waals surface area contributed by atoms with Gasteiger partial charge in [0.1, 0.15) is 5.75 Å². The Bertz CT molecular complexity index is 839. The lowest BCUT2D eigenvalue weighted by Crippen LogP contribution is -2.29. The van der Waals surface area contributed by atoms with Crippen molar-refractivity contribution in [3.8, 4) is 5.75 Å². The molecule has 7 nitrogen and oxygen atoms in total. The van der Waals surface area contributed by atoms with Gasteiger partial charge in [-0.05, 0) is 44.5 Å². The van der Waals surface area contributed by atoms with E-state index in [1.165, 1.54) is 13.0 Å². The van der Waals surface area contributed by atoms with Crippen molar-refractivity contribution in [2.45, 2.75) is 26.9 Å². The summed E-state index contributed by atoms with van der Waals surface area (Å²) in [6.07, 6.45) is 1.95. The van der Waals surface area contributed by atoms with Crippen LogP contribution in [0.25, 0.3) is 6.08 Å². The number of anilines is 1. The predicted octanol–water partition coefficient (Wildman–Crippen LogP) is 2.63. The molecule has 2 aromatic rings. The normalized spacial score (nSPS) is 12.0. The van der Waals surface area contributed by atoms with Crippen LogP contribution in [0.3, 0.4) is 0 Å². The Hall–Kier alpha value is -3.09. The summed E-state index contributed by atoms with van der Waals surface area (Å²) < 4.78 is 12.0. The van der Waals surface area contributed by atoms with Crippen molar-refractivity contribution in [3.05, 3.63) is 47.3 Å². The Kier molecular flexibility index (Phi) is 6.16. The number of nitrogens with zero attached hydrogens (tertiary/aromatic N) is 2. The van der Waals surface area contributed by atoms with E-state index in [1.54, 1.807) is 37.9 Å². The van der Waals surface area contributed by atoms with Gasteiger partial charge < -0.3 is 14.8 Å². The number of esters is 1. The van der Waals surface area contributed by atoms with Gasteiger partial charge in [-0.3, -0.25) is 9.48 Å². The Morgan fingerprint density at radius 3 is 2.65 bits per heavy atom. The lowest BCUT2D eigenvalue weighted by atomic mass is 10.2. The summed E-state index contributed by atoms with van der Waals surface area (Å²) in [5.74, 6) is -0.321. The van der Waals surface area contributed by atoms with Gasteiger partial charge in [0.25, 0.3) is 5.91 Å². The molecule has 0 aliphatic rings. The predicted molar refractivity (Wildman–Crippen MR) is 98.9 cm³/mol. The summed E-state index contributed by atoms with van der Waals surface area (Å²) >= 11 is 0. The second kappa shape index (κ2) is 8.33. The van der Waals surface area contributed by atoms with Crippen molar-refractivity contribution >= 4 is 23.6 Å². The number of aryl methyl sites for hydroxylation is 2. The quantitative estimate of drug-likeness (QED) is 0.635. The summed E-state index contributed by atoms with van der Waals surface area (Å²) in [7, 11) is 3.37. The molecule has 1 heterocycles. The molecular formula is C19H23N3O4. The minimum atomic E-state index is -0.934. The first kappa shape index (κ1) is 19.2. The molecule has 0 unspecified atom stereocenters. The van der Waals surface area contributed by atoms with Gasteiger partial charge in [0.2, 0.25) is 0 Å². The number of ether oxygens (including phenoxy) is 2. The van der Waals surface area contributed by atoms with Crippen LogP contribution in [-0.4, -0.2) is 34.9 Å². The average molecular weight is 357 g/mol. The second-order valence-corrected chi connectivity index (χ2v) is 5.85. The highest BCUT2D eigenvalue weighted by atomic mass is 16.5. The van der Waals surface area contributed by atoms with Gasteiger partial charge in [-0.1, -0.05) is 12.1 Å². The minimum Gasteiger partial charge on any atom is -0.497 e. The molecule has 1 amide bonds. The molecule has 1 atom stereocenters. The van der Waals surface area contributed by atoms with E-state index in [9.17, 15) is 9.59 Å². The molecule has 0 saturated carbocycles. The topological polar surface area (TPSA) is 82.4 Å². The maximum Gasteiger partial charge on any atom is 0.331 e. The van der Waals surface area contributed by atoms with Crippen LogP contribution in [0.4, 0.5) is 5.69 Å². The smallest absolute Gasteiger partial charge is 0.331 e. The van der Waals surface area contributed by atoms with Crippen molar-refractivity contribution in [1.29, 1.82) is 0 Å². The third-order valence-electron chi connectivity index (χ3n) is 3.93. The maximum absolute atomic E-state index is 12.3. The molecule has 1 N–H and O–H groups in total. The van der Waals surface area contributed by atoms with E-state index in [0.717, 1.165) is 11.3 Å². The van der Waals surface area contributed by atoms with Crippen LogP contribution in [0, 0.1) is 13.8 Å². The highest BCUT2D eigenvalue weighted by Gasteiger charge is 2.20. The average Bonchev–Trinajstić information content (AvgIpc) is 2.86. The molecule has 0 saturated heterocycles. The summed E-state index contributed by atoms with van der Waals surface area (Å²) in [5, 5.41) is 6.99. The molecule has 7 heteroatoms. The zero-order valence-corrected chi connectivity index (χ0v) is 15.6. The molecule has 0 aliphatic carbocycles. The van der Waals surface area contributed by atoms with Crippen LogP contribution in [0.15, 0.2) is 30.3 Å². The molecule has 0 spiro atoms. The van der Waals surface area contributed by atoms with Crippen LogP contribution in [0.1, 0.15) is 23.9 Å². The number of rotatable bonds is 6. The summed E-state index contributed by atoms with van der Waals surface area (Å²) in [4.78, 5) is 24.2. The first-order chi connectivity index (χ1) is 12.3. The number of carbonyl (C=O) groups is 2. The largest absolute Gasteiger partial charge is 0.497 e. The van der Waals surface area contributed by atoms with E-state index in [1.807, 2.05) is 25.1 Å². The molecule has 138 valence electrons. The van der Waals surface area contributed by atoms with Gasteiger partial charge in [-0.25, -0.2) is 4.79 Å². The van der Waals surface area contributed by atoms with E-state index in [2.05, 4.69) is 10.4 Å². The van der Waals surface area contributed by atoms with Gasteiger partial charge in [-0.2, -0.15) is 5.10 Å². The third-order valence-corrected chi connectivity index (χ3v) is 3.93. The van der Waals surface area contributed by atoms with E-state index < -0.39 is 18.0 Å². The number of carbonyl (C=O) groups excluding carboxylic acids is 2. The second-order valence-electron chi connectivity index (χ2n) is 5.85. The van der Waals surface area contributed by atoms with Gasteiger partial charge >= 0.3 is 5.97 Å². The summed E-state index contributed by atoms with van der Waals surface area (Å²) in [6.45, 7) is 5.17. The molecule has 2 rings (SSSR count).